The number of benzene rings is 1. The summed E-state index contributed by atoms with van der Waals surface area (Å²) in [6.07, 6.45) is -0.292. The molecule has 1 saturated heterocycles. The molecule has 2 amide bonds. The Balaban J connectivity index is 1.92. The van der Waals surface area contributed by atoms with Crippen LogP contribution in [0.5, 0.6) is 5.75 Å². The molecule has 26 heavy (non-hydrogen) atoms. The lowest BCUT2D eigenvalue weighted by Gasteiger charge is -2.27. The van der Waals surface area contributed by atoms with Gasteiger partial charge in [0.1, 0.15) is 11.4 Å². The molecule has 0 N–H and O–H groups in total. The number of carbonyl (C=O) groups is 2. The molecule has 1 heterocycles. The van der Waals surface area contributed by atoms with Crippen molar-refractivity contribution in [2.45, 2.75) is 45.8 Å². The summed E-state index contributed by atoms with van der Waals surface area (Å²) in [5.74, 6) is 0.371. The van der Waals surface area contributed by atoms with E-state index in [2.05, 4.69) is 0 Å². The van der Waals surface area contributed by atoms with Gasteiger partial charge < -0.3 is 19.3 Å². The Hall–Kier alpha value is -1.95. The molecule has 0 aliphatic carbocycles. The minimum atomic E-state index is -0.650. The van der Waals surface area contributed by atoms with Crippen molar-refractivity contribution < 1.29 is 19.1 Å². The molecular weight excluding hydrogens is 356 g/mol. The van der Waals surface area contributed by atoms with Gasteiger partial charge in [0.25, 0.3) is 5.91 Å². The monoisotopic (exact) mass is 382 g/mol. The first-order valence-electron chi connectivity index (χ1n) is 8.85. The third kappa shape index (κ3) is 5.80. The topological polar surface area (TPSA) is 59.1 Å². The zero-order chi connectivity index (χ0) is 19.3. The number of halogens is 1. The molecule has 1 aliphatic heterocycles. The van der Waals surface area contributed by atoms with Gasteiger partial charge >= 0.3 is 6.09 Å². The van der Waals surface area contributed by atoms with Crippen LogP contribution in [0.2, 0.25) is 5.02 Å². The van der Waals surface area contributed by atoms with Crippen LogP contribution >= 0.6 is 11.6 Å². The average molecular weight is 383 g/mol. The van der Waals surface area contributed by atoms with Gasteiger partial charge in [-0.2, -0.15) is 0 Å². The first kappa shape index (κ1) is 20.4. The van der Waals surface area contributed by atoms with Crippen molar-refractivity contribution in [2.75, 3.05) is 26.2 Å². The third-order valence-electron chi connectivity index (χ3n) is 3.95. The van der Waals surface area contributed by atoms with Crippen LogP contribution in [0.25, 0.3) is 0 Å². The highest BCUT2D eigenvalue weighted by atomic mass is 35.5. The van der Waals surface area contributed by atoms with Crippen LogP contribution in [-0.2, 0) is 9.53 Å². The molecule has 144 valence electrons. The predicted molar refractivity (Wildman–Crippen MR) is 101 cm³/mol. The Morgan fingerprint density at radius 3 is 2.35 bits per heavy atom. The van der Waals surface area contributed by atoms with Crippen molar-refractivity contribution >= 4 is 23.6 Å². The summed E-state index contributed by atoms with van der Waals surface area (Å²) in [6.45, 7) is 9.27. The van der Waals surface area contributed by atoms with Crippen LogP contribution in [0.4, 0.5) is 4.79 Å². The molecule has 0 bridgehead atoms. The fourth-order valence-electron chi connectivity index (χ4n) is 2.69. The molecule has 1 aromatic carbocycles. The average Bonchev–Trinajstić information content (AvgIpc) is 2.80. The lowest BCUT2D eigenvalue weighted by atomic mass is 10.2. The third-order valence-corrected chi connectivity index (χ3v) is 4.26. The standard InChI is InChI=1S/C19H27ClN2O4/c1-14(25-16-9-6-5-8-15(16)20)17(23)21-10-7-11-22(13-12-21)18(24)26-19(2,3)4/h5-6,8-9,14H,7,10-13H2,1-4H3. The van der Waals surface area contributed by atoms with E-state index in [1.807, 2.05) is 32.9 Å². The number of carbonyl (C=O) groups excluding carboxylic acids is 2. The number of rotatable bonds is 3. The zero-order valence-corrected chi connectivity index (χ0v) is 16.6. The van der Waals surface area contributed by atoms with Crippen LogP contribution in [0.1, 0.15) is 34.1 Å². The van der Waals surface area contributed by atoms with E-state index in [1.165, 1.54) is 0 Å². The van der Waals surface area contributed by atoms with Crippen molar-refractivity contribution in [2.24, 2.45) is 0 Å². The van der Waals surface area contributed by atoms with E-state index in [0.717, 1.165) is 0 Å². The summed E-state index contributed by atoms with van der Waals surface area (Å²) in [4.78, 5) is 28.3. The van der Waals surface area contributed by atoms with Crippen LogP contribution in [0.15, 0.2) is 24.3 Å². The molecule has 1 aromatic rings. The molecule has 1 aliphatic rings. The smallest absolute Gasteiger partial charge is 0.410 e. The van der Waals surface area contributed by atoms with Crippen LogP contribution < -0.4 is 4.74 Å². The normalized spacial score (nSPS) is 16.7. The van der Waals surface area contributed by atoms with Gasteiger partial charge in [0.2, 0.25) is 0 Å². The number of para-hydroxylation sites is 1. The number of ether oxygens (including phenoxy) is 2. The van der Waals surface area contributed by atoms with Gasteiger partial charge in [-0.05, 0) is 46.2 Å². The van der Waals surface area contributed by atoms with Gasteiger partial charge in [-0.15, -0.1) is 0 Å². The highest BCUT2D eigenvalue weighted by molar-refractivity contribution is 6.32. The minimum absolute atomic E-state index is 0.115. The molecular formula is C19H27ClN2O4. The summed E-state index contributed by atoms with van der Waals surface area (Å²) in [7, 11) is 0. The number of nitrogens with zero attached hydrogens (tertiary/aromatic N) is 2. The Kier molecular flexibility index (Phi) is 6.75. The molecule has 0 spiro atoms. The lowest BCUT2D eigenvalue weighted by Crippen LogP contribution is -2.43. The van der Waals surface area contributed by atoms with Crippen LogP contribution in [0, 0.1) is 0 Å². The second-order valence-electron chi connectivity index (χ2n) is 7.34. The highest BCUT2D eigenvalue weighted by Crippen LogP contribution is 2.24. The zero-order valence-electron chi connectivity index (χ0n) is 15.8. The predicted octanol–water partition coefficient (Wildman–Crippen LogP) is 3.58. The quantitative estimate of drug-likeness (QED) is 0.801. The van der Waals surface area contributed by atoms with E-state index in [9.17, 15) is 9.59 Å². The van der Waals surface area contributed by atoms with Crippen molar-refractivity contribution in [1.29, 1.82) is 0 Å². The molecule has 0 aromatic heterocycles. The minimum Gasteiger partial charge on any atom is -0.479 e. The summed E-state index contributed by atoms with van der Waals surface area (Å²) >= 11 is 6.08. The van der Waals surface area contributed by atoms with Crippen LogP contribution in [0.3, 0.4) is 0 Å². The molecule has 0 radical (unpaired) electrons. The van der Waals surface area contributed by atoms with Gasteiger partial charge in [-0.3, -0.25) is 4.79 Å². The summed E-state index contributed by atoms with van der Waals surface area (Å²) < 4.78 is 11.1. The first-order valence-corrected chi connectivity index (χ1v) is 9.23. The number of hydrogen-bond donors (Lipinski definition) is 0. The second kappa shape index (κ2) is 8.62. The number of amides is 2. The fourth-order valence-corrected chi connectivity index (χ4v) is 2.87. The number of hydrogen-bond acceptors (Lipinski definition) is 4. The molecule has 1 atom stereocenters. The van der Waals surface area contributed by atoms with Gasteiger partial charge in [-0.1, -0.05) is 23.7 Å². The Morgan fingerprint density at radius 2 is 1.69 bits per heavy atom. The van der Waals surface area contributed by atoms with E-state index in [-0.39, 0.29) is 12.0 Å². The molecule has 6 nitrogen and oxygen atoms in total. The first-order chi connectivity index (χ1) is 12.2. The summed E-state index contributed by atoms with van der Waals surface area (Å²) in [6, 6.07) is 7.07. The van der Waals surface area contributed by atoms with Crippen molar-refractivity contribution in [3.05, 3.63) is 29.3 Å². The van der Waals surface area contributed by atoms with Crippen molar-refractivity contribution in [1.82, 2.24) is 9.80 Å². The highest BCUT2D eigenvalue weighted by Gasteiger charge is 2.28. The van der Waals surface area contributed by atoms with Crippen molar-refractivity contribution in [3.63, 3.8) is 0 Å². The van der Waals surface area contributed by atoms with E-state index >= 15 is 0 Å². The lowest BCUT2D eigenvalue weighted by molar-refractivity contribution is -0.137. The van der Waals surface area contributed by atoms with E-state index in [4.69, 9.17) is 21.1 Å². The van der Waals surface area contributed by atoms with E-state index in [0.29, 0.717) is 43.4 Å². The maximum absolute atomic E-state index is 12.7. The molecule has 2 rings (SSSR count). The SMILES string of the molecule is CC(Oc1ccccc1Cl)C(=O)N1CCCN(C(=O)OC(C)(C)C)CC1. The van der Waals surface area contributed by atoms with E-state index < -0.39 is 11.7 Å². The Labute approximate surface area is 160 Å². The van der Waals surface area contributed by atoms with Crippen molar-refractivity contribution in [3.8, 4) is 5.75 Å². The fraction of sp³-hybridized carbons (Fsp3) is 0.579. The summed E-state index contributed by atoms with van der Waals surface area (Å²) in [5.41, 5.74) is -0.532. The summed E-state index contributed by atoms with van der Waals surface area (Å²) in [5, 5.41) is 0.471. The van der Waals surface area contributed by atoms with Crippen LogP contribution in [-0.4, -0.2) is 59.7 Å². The Morgan fingerprint density at radius 1 is 1.08 bits per heavy atom. The molecule has 1 fully saturated rings. The maximum atomic E-state index is 12.7. The molecule has 1 unspecified atom stereocenters. The van der Waals surface area contributed by atoms with E-state index in [1.54, 1.807) is 28.9 Å². The molecule has 7 heteroatoms. The van der Waals surface area contributed by atoms with Gasteiger partial charge in [-0.25, -0.2) is 4.79 Å². The van der Waals surface area contributed by atoms with Gasteiger partial charge in [0.05, 0.1) is 5.02 Å². The maximum Gasteiger partial charge on any atom is 0.410 e. The molecule has 0 saturated carbocycles. The second-order valence-corrected chi connectivity index (χ2v) is 7.74. The largest absolute Gasteiger partial charge is 0.479 e. The van der Waals surface area contributed by atoms with Gasteiger partial charge in [0.15, 0.2) is 6.10 Å². The Bertz CT molecular complexity index is 645. The van der Waals surface area contributed by atoms with Gasteiger partial charge in [0, 0.05) is 26.2 Å².